The van der Waals surface area contributed by atoms with Crippen molar-refractivity contribution < 1.29 is 4.39 Å². The predicted molar refractivity (Wildman–Crippen MR) is 91.2 cm³/mol. The third kappa shape index (κ3) is 3.10. The van der Waals surface area contributed by atoms with Crippen molar-refractivity contribution in [2.75, 3.05) is 5.43 Å². The lowest BCUT2D eigenvalue weighted by Gasteiger charge is -2.06. The second-order valence-electron chi connectivity index (χ2n) is 5.00. The summed E-state index contributed by atoms with van der Waals surface area (Å²) in [5.74, 6) is -0.442. The van der Waals surface area contributed by atoms with Crippen LogP contribution in [0.15, 0.2) is 65.8 Å². The van der Waals surface area contributed by atoms with Crippen molar-refractivity contribution in [2.24, 2.45) is 5.10 Å². The maximum absolute atomic E-state index is 13.1. The molecule has 0 aliphatic heterocycles. The molecule has 0 fully saturated rings. The smallest absolute Gasteiger partial charge is 0.141 e. The summed E-state index contributed by atoms with van der Waals surface area (Å²) < 4.78 is 13.1. The van der Waals surface area contributed by atoms with Crippen molar-refractivity contribution >= 4 is 33.8 Å². The van der Waals surface area contributed by atoms with Gasteiger partial charge in [0.15, 0.2) is 0 Å². The number of hydrazone groups is 1. The van der Waals surface area contributed by atoms with Crippen LogP contribution in [0.2, 0.25) is 5.02 Å². The van der Waals surface area contributed by atoms with E-state index in [2.05, 4.69) is 34.8 Å². The highest BCUT2D eigenvalue weighted by atomic mass is 35.5. The van der Waals surface area contributed by atoms with Crippen LogP contribution in [-0.2, 0) is 0 Å². The Labute approximate surface area is 133 Å². The van der Waals surface area contributed by atoms with Gasteiger partial charge >= 0.3 is 0 Å². The molecule has 3 aromatic rings. The maximum atomic E-state index is 13.1. The molecule has 0 aliphatic carbocycles. The molecular weight excluding hydrogens is 299 g/mol. The molecule has 0 saturated carbocycles. The first kappa shape index (κ1) is 14.5. The molecule has 3 aromatic carbocycles. The summed E-state index contributed by atoms with van der Waals surface area (Å²) in [6, 6.07) is 18.8. The fourth-order valence-corrected chi connectivity index (χ4v) is 2.37. The van der Waals surface area contributed by atoms with E-state index in [4.69, 9.17) is 11.6 Å². The van der Waals surface area contributed by atoms with Crippen molar-refractivity contribution in [2.45, 2.75) is 6.92 Å². The minimum absolute atomic E-state index is 0.0727. The van der Waals surface area contributed by atoms with Gasteiger partial charge in [-0.15, -0.1) is 0 Å². The number of benzene rings is 3. The lowest BCUT2D eigenvalue weighted by atomic mass is 10.0. The molecule has 22 heavy (non-hydrogen) atoms. The molecule has 0 bridgehead atoms. The molecule has 0 heterocycles. The number of anilines is 1. The van der Waals surface area contributed by atoms with Crippen molar-refractivity contribution in [3.8, 4) is 0 Å². The summed E-state index contributed by atoms with van der Waals surface area (Å²) >= 11 is 5.75. The summed E-state index contributed by atoms with van der Waals surface area (Å²) in [5.41, 5.74) is 5.41. The van der Waals surface area contributed by atoms with Crippen LogP contribution >= 0.6 is 11.6 Å². The third-order valence-electron chi connectivity index (χ3n) is 3.44. The molecule has 110 valence electrons. The molecule has 2 nitrogen and oxygen atoms in total. The number of nitrogens with one attached hydrogen (secondary N) is 1. The zero-order chi connectivity index (χ0) is 15.5. The Bertz CT molecular complexity index is 859. The summed E-state index contributed by atoms with van der Waals surface area (Å²) in [4.78, 5) is 0. The fraction of sp³-hybridized carbons (Fsp3) is 0.0556. The van der Waals surface area contributed by atoms with E-state index in [1.807, 2.05) is 25.1 Å². The van der Waals surface area contributed by atoms with Crippen molar-refractivity contribution in [3.05, 3.63) is 77.1 Å². The van der Waals surface area contributed by atoms with Crippen LogP contribution in [0, 0.1) is 5.82 Å². The number of hydrogen-bond donors (Lipinski definition) is 1. The number of halogens is 2. The van der Waals surface area contributed by atoms with E-state index >= 15 is 0 Å². The number of nitrogens with zero attached hydrogens (tertiary/aromatic N) is 1. The molecule has 0 aliphatic rings. The van der Waals surface area contributed by atoms with Crippen LogP contribution < -0.4 is 5.43 Å². The average molecular weight is 313 g/mol. The zero-order valence-electron chi connectivity index (χ0n) is 12.0. The minimum atomic E-state index is -0.442. The van der Waals surface area contributed by atoms with Crippen LogP contribution in [0.25, 0.3) is 10.8 Å². The molecule has 0 atom stereocenters. The molecule has 1 N–H and O–H groups in total. The predicted octanol–water partition coefficient (Wildman–Crippen LogP) is 5.47. The second kappa shape index (κ2) is 6.16. The summed E-state index contributed by atoms with van der Waals surface area (Å²) in [6.07, 6.45) is 0. The van der Waals surface area contributed by atoms with E-state index in [0.29, 0.717) is 5.69 Å². The van der Waals surface area contributed by atoms with Gasteiger partial charge in [0.25, 0.3) is 0 Å². The Morgan fingerprint density at radius 3 is 2.55 bits per heavy atom. The maximum Gasteiger partial charge on any atom is 0.141 e. The summed E-state index contributed by atoms with van der Waals surface area (Å²) in [6.45, 7) is 1.92. The minimum Gasteiger partial charge on any atom is -0.278 e. The number of rotatable bonds is 3. The number of fused-ring (bicyclic) bond motifs is 1. The number of hydrogen-bond acceptors (Lipinski definition) is 2. The highest BCUT2D eigenvalue weighted by molar-refractivity contribution is 6.31. The van der Waals surface area contributed by atoms with Crippen LogP contribution in [0.3, 0.4) is 0 Å². The van der Waals surface area contributed by atoms with Gasteiger partial charge in [0.1, 0.15) is 5.82 Å². The van der Waals surface area contributed by atoms with E-state index in [0.717, 1.165) is 11.3 Å². The zero-order valence-corrected chi connectivity index (χ0v) is 12.7. The first-order chi connectivity index (χ1) is 10.6. The molecule has 3 rings (SSSR count). The highest BCUT2D eigenvalue weighted by Gasteiger charge is 2.02. The molecule has 0 saturated heterocycles. The van der Waals surface area contributed by atoms with Crippen LogP contribution in [0.1, 0.15) is 12.5 Å². The van der Waals surface area contributed by atoms with Crippen LogP contribution in [-0.4, -0.2) is 5.71 Å². The van der Waals surface area contributed by atoms with Gasteiger partial charge < -0.3 is 0 Å². The monoisotopic (exact) mass is 312 g/mol. The van der Waals surface area contributed by atoms with E-state index < -0.39 is 5.82 Å². The molecule has 0 aromatic heterocycles. The lowest BCUT2D eigenvalue weighted by molar-refractivity contribution is 0.628. The SMILES string of the molecule is C/C(=N\Nc1ccc(F)c(Cl)c1)c1ccc2ccccc2c1. The van der Waals surface area contributed by atoms with Crippen LogP contribution in [0.5, 0.6) is 0 Å². The van der Waals surface area contributed by atoms with Gasteiger partial charge in [0.05, 0.1) is 16.4 Å². The second-order valence-corrected chi connectivity index (χ2v) is 5.41. The topological polar surface area (TPSA) is 24.4 Å². The normalized spacial score (nSPS) is 11.7. The summed E-state index contributed by atoms with van der Waals surface area (Å²) in [5, 5.41) is 6.76. The van der Waals surface area contributed by atoms with E-state index in [1.165, 1.54) is 22.9 Å². The Hall–Kier alpha value is -2.39. The van der Waals surface area contributed by atoms with E-state index in [1.54, 1.807) is 6.07 Å². The summed E-state index contributed by atoms with van der Waals surface area (Å²) in [7, 11) is 0. The quantitative estimate of drug-likeness (QED) is 0.503. The molecule has 0 spiro atoms. The van der Waals surface area contributed by atoms with Crippen LogP contribution in [0.4, 0.5) is 10.1 Å². The lowest BCUT2D eigenvalue weighted by Crippen LogP contribution is -1.99. The van der Waals surface area contributed by atoms with Gasteiger partial charge in [-0.3, -0.25) is 5.43 Å². The van der Waals surface area contributed by atoms with Crippen molar-refractivity contribution in [3.63, 3.8) is 0 Å². The highest BCUT2D eigenvalue weighted by Crippen LogP contribution is 2.20. The van der Waals surface area contributed by atoms with Crippen molar-refractivity contribution in [1.82, 2.24) is 0 Å². The van der Waals surface area contributed by atoms with Gasteiger partial charge in [0.2, 0.25) is 0 Å². The van der Waals surface area contributed by atoms with E-state index in [-0.39, 0.29) is 5.02 Å². The molecule has 0 amide bonds. The fourth-order valence-electron chi connectivity index (χ4n) is 2.19. The molecular formula is C18H14ClFN2. The first-order valence-electron chi connectivity index (χ1n) is 6.88. The standard InChI is InChI=1S/C18H14ClFN2/c1-12(21-22-16-8-9-18(20)17(19)11-16)14-7-6-13-4-2-3-5-15(13)10-14/h2-11,22H,1H3/b21-12+. The Balaban J connectivity index is 1.84. The first-order valence-corrected chi connectivity index (χ1v) is 7.26. The third-order valence-corrected chi connectivity index (χ3v) is 3.73. The molecule has 4 heteroatoms. The average Bonchev–Trinajstić information content (AvgIpc) is 2.55. The van der Waals surface area contributed by atoms with Gasteiger partial charge in [-0.25, -0.2) is 4.39 Å². The molecule has 0 radical (unpaired) electrons. The largest absolute Gasteiger partial charge is 0.278 e. The Kier molecular flexibility index (Phi) is 4.07. The Morgan fingerprint density at radius 2 is 1.77 bits per heavy atom. The van der Waals surface area contributed by atoms with E-state index in [9.17, 15) is 4.39 Å². The van der Waals surface area contributed by atoms with Crippen molar-refractivity contribution in [1.29, 1.82) is 0 Å². The Morgan fingerprint density at radius 1 is 1.00 bits per heavy atom. The van der Waals surface area contributed by atoms with Gasteiger partial charge in [-0.05, 0) is 47.5 Å². The van der Waals surface area contributed by atoms with Gasteiger partial charge in [-0.1, -0.05) is 48.0 Å². The van der Waals surface area contributed by atoms with Gasteiger partial charge in [-0.2, -0.15) is 5.10 Å². The molecule has 0 unspecified atom stereocenters. The van der Waals surface area contributed by atoms with Gasteiger partial charge in [0, 0.05) is 0 Å².